The van der Waals surface area contributed by atoms with E-state index in [4.69, 9.17) is 5.11 Å². The number of aliphatic hydroxyl groups excluding tert-OH is 3. The average Bonchev–Trinajstić information content (AvgIpc) is 2.25. The lowest BCUT2D eigenvalue weighted by Gasteiger charge is -2.27. The molecule has 0 fully saturated rings. The van der Waals surface area contributed by atoms with Crippen molar-refractivity contribution in [2.24, 2.45) is 11.8 Å². The standard InChI is InChI=1S/C12H22O4/c1-5-10(14)12(16)8(3)7(2)6-11(15)9(4)13/h7-8,10,12-14,16H,4-6H2,1-3H3/t7-,8-,10-,12+/m1/s1. The van der Waals surface area contributed by atoms with Crippen molar-refractivity contribution in [3.05, 3.63) is 12.3 Å². The number of allylic oxidation sites excluding steroid dienone is 1. The quantitative estimate of drug-likeness (QED) is 0.456. The number of rotatable bonds is 7. The Labute approximate surface area is 96.6 Å². The average molecular weight is 230 g/mol. The highest BCUT2D eigenvalue weighted by molar-refractivity contribution is 5.92. The van der Waals surface area contributed by atoms with Gasteiger partial charge in [-0.1, -0.05) is 27.4 Å². The highest BCUT2D eigenvalue weighted by atomic mass is 16.3. The van der Waals surface area contributed by atoms with Gasteiger partial charge < -0.3 is 15.3 Å². The first-order valence-electron chi connectivity index (χ1n) is 5.58. The summed E-state index contributed by atoms with van der Waals surface area (Å²) in [6, 6.07) is 0. The van der Waals surface area contributed by atoms with Gasteiger partial charge >= 0.3 is 0 Å². The maximum Gasteiger partial charge on any atom is 0.196 e. The molecule has 94 valence electrons. The molecule has 0 bridgehead atoms. The van der Waals surface area contributed by atoms with Crippen LogP contribution in [0, 0.1) is 11.8 Å². The summed E-state index contributed by atoms with van der Waals surface area (Å²) >= 11 is 0. The Morgan fingerprint density at radius 2 is 1.81 bits per heavy atom. The zero-order valence-corrected chi connectivity index (χ0v) is 10.2. The second-order valence-corrected chi connectivity index (χ2v) is 4.38. The van der Waals surface area contributed by atoms with Gasteiger partial charge in [0, 0.05) is 6.42 Å². The molecule has 0 aliphatic rings. The summed E-state index contributed by atoms with van der Waals surface area (Å²) in [6.45, 7) is 8.52. The molecular weight excluding hydrogens is 208 g/mol. The van der Waals surface area contributed by atoms with Gasteiger partial charge in [0.2, 0.25) is 0 Å². The van der Waals surface area contributed by atoms with Crippen LogP contribution in [0.4, 0.5) is 0 Å². The summed E-state index contributed by atoms with van der Waals surface area (Å²) in [5.74, 6) is -1.20. The molecule has 0 heterocycles. The van der Waals surface area contributed by atoms with Crippen molar-refractivity contribution >= 4 is 5.78 Å². The maximum absolute atomic E-state index is 11.2. The first kappa shape index (κ1) is 15.1. The highest BCUT2D eigenvalue weighted by Crippen LogP contribution is 2.22. The maximum atomic E-state index is 11.2. The molecule has 0 spiro atoms. The summed E-state index contributed by atoms with van der Waals surface area (Å²) in [7, 11) is 0. The fourth-order valence-corrected chi connectivity index (χ4v) is 1.52. The van der Waals surface area contributed by atoms with Crippen LogP contribution in [-0.2, 0) is 4.79 Å². The van der Waals surface area contributed by atoms with Crippen LogP contribution >= 0.6 is 0 Å². The molecule has 4 heteroatoms. The van der Waals surface area contributed by atoms with Gasteiger partial charge in [-0.05, 0) is 18.3 Å². The van der Waals surface area contributed by atoms with Crippen LogP contribution < -0.4 is 0 Å². The van der Waals surface area contributed by atoms with Crippen LogP contribution in [0.25, 0.3) is 0 Å². The molecule has 0 radical (unpaired) electrons. The van der Waals surface area contributed by atoms with E-state index in [9.17, 15) is 15.0 Å². The summed E-state index contributed by atoms with van der Waals surface area (Å²) < 4.78 is 0. The van der Waals surface area contributed by atoms with E-state index in [2.05, 4.69) is 6.58 Å². The van der Waals surface area contributed by atoms with Crippen molar-refractivity contribution in [2.45, 2.75) is 45.8 Å². The van der Waals surface area contributed by atoms with E-state index in [1.165, 1.54) is 0 Å². The molecule has 0 aromatic heterocycles. The smallest absolute Gasteiger partial charge is 0.196 e. The first-order valence-corrected chi connectivity index (χ1v) is 5.58. The largest absolute Gasteiger partial charge is 0.505 e. The Hall–Kier alpha value is -0.870. The van der Waals surface area contributed by atoms with E-state index < -0.39 is 23.8 Å². The first-order chi connectivity index (χ1) is 7.31. The molecule has 0 amide bonds. The minimum atomic E-state index is -0.847. The second-order valence-electron chi connectivity index (χ2n) is 4.38. The Balaban J connectivity index is 4.32. The molecule has 0 saturated carbocycles. The SMILES string of the molecule is C=C(O)C(=O)C[C@@H](C)[C@@H](C)[C@H](O)[C@H](O)CC. The van der Waals surface area contributed by atoms with Crippen molar-refractivity contribution in [3.8, 4) is 0 Å². The van der Waals surface area contributed by atoms with Crippen LogP contribution in [-0.4, -0.2) is 33.3 Å². The Morgan fingerprint density at radius 1 is 1.31 bits per heavy atom. The summed E-state index contributed by atoms with van der Waals surface area (Å²) in [5, 5.41) is 28.1. The molecule has 0 saturated heterocycles. The van der Waals surface area contributed by atoms with E-state index in [1.807, 2.05) is 0 Å². The fraction of sp³-hybridized carbons (Fsp3) is 0.750. The molecule has 0 aromatic carbocycles. The molecule has 0 aliphatic heterocycles. The Morgan fingerprint density at radius 3 is 2.19 bits per heavy atom. The fourth-order valence-electron chi connectivity index (χ4n) is 1.52. The topological polar surface area (TPSA) is 77.8 Å². The highest BCUT2D eigenvalue weighted by Gasteiger charge is 2.27. The number of Topliss-reactive ketones (excluding diaryl/α,β-unsaturated/α-hetero) is 1. The zero-order valence-electron chi connectivity index (χ0n) is 10.2. The number of carbonyl (C=O) groups excluding carboxylic acids is 1. The number of hydrogen-bond acceptors (Lipinski definition) is 4. The summed E-state index contributed by atoms with van der Waals surface area (Å²) in [5.41, 5.74) is 0. The van der Waals surface area contributed by atoms with Crippen molar-refractivity contribution in [2.75, 3.05) is 0 Å². The predicted molar refractivity (Wildman–Crippen MR) is 62.0 cm³/mol. The van der Waals surface area contributed by atoms with Crippen molar-refractivity contribution in [3.63, 3.8) is 0 Å². The number of hydrogen-bond donors (Lipinski definition) is 3. The van der Waals surface area contributed by atoms with Crippen LogP contribution in [0.1, 0.15) is 33.6 Å². The monoisotopic (exact) mass is 230 g/mol. The molecule has 0 rings (SSSR count). The third kappa shape index (κ3) is 4.33. The molecule has 4 atom stereocenters. The van der Waals surface area contributed by atoms with Crippen molar-refractivity contribution in [1.29, 1.82) is 0 Å². The van der Waals surface area contributed by atoms with Crippen molar-refractivity contribution in [1.82, 2.24) is 0 Å². The van der Waals surface area contributed by atoms with Crippen LogP contribution in [0.2, 0.25) is 0 Å². The van der Waals surface area contributed by atoms with Crippen LogP contribution in [0.5, 0.6) is 0 Å². The number of carbonyl (C=O) groups is 1. The minimum absolute atomic E-state index is 0.118. The van der Waals surface area contributed by atoms with Gasteiger partial charge in [0.25, 0.3) is 0 Å². The van der Waals surface area contributed by atoms with Gasteiger partial charge in [-0.2, -0.15) is 0 Å². The molecule has 0 unspecified atom stereocenters. The molecular formula is C12H22O4. The molecule has 4 nitrogen and oxygen atoms in total. The zero-order chi connectivity index (χ0) is 12.9. The van der Waals surface area contributed by atoms with E-state index >= 15 is 0 Å². The molecule has 0 aromatic rings. The van der Waals surface area contributed by atoms with Gasteiger partial charge in [0.1, 0.15) is 0 Å². The second kappa shape index (κ2) is 6.66. The van der Waals surface area contributed by atoms with E-state index in [1.54, 1.807) is 20.8 Å². The third-order valence-electron chi connectivity index (χ3n) is 3.08. The van der Waals surface area contributed by atoms with Gasteiger partial charge in [-0.15, -0.1) is 0 Å². The Bertz CT molecular complexity index is 249. The van der Waals surface area contributed by atoms with E-state index in [0.717, 1.165) is 0 Å². The Kier molecular flexibility index (Phi) is 6.29. The lowest BCUT2D eigenvalue weighted by Crippen LogP contribution is -2.35. The van der Waals surface area contributed by atoms with Crippen molar-refractivity contribution < 1.29 is 20.1 Å². The molecule has 0 aliphatic carbocycles. The minimum Gasteiger partial charge on any atom is -0.505 e. The predicted octanol–water partition coefficient (Wildman–Crippen LogP) is 1.42. The lowest BCUT2D eigenvalue weighted by atomic mass is 9.84. The van der Waals surface area contributed by atoms with Crippen LogP contribution in [0.15, 0.2) is 12.3 Å². The van der Waals surface area contributed by atoms with E-state index in [-0.39, 0.29) is 18.3 Å². The van der Waals surface area contributed by atoms with Gasteiger partial charge in [0.05, 0.1) is 12.2 Å². The van der Waals surface area contributed by atoms with Gasteiger partial charge in [-0.3, -0.25) is 4.79 Å². The normalized spacial score (nSPS) is 18.6. The third-order valence-corrected chi connectivity index (χ3v) is 3.08. The number of aliphatic hydroxyl groups is 3. The van der Waals surface area contributed by atoms with E-state index in [0.29, 0.717) is 6.42 Å². The van der Waals surface area contributed by atoms with Gasteiger partial charge in [-0.25, -0.2) is 0 Å². The van der Waals surface area contributed by atoms with Crippen LogP contribution in [0.3, 0.4) is 0 Å². The summed E-state index contributed by atoms with van der Waals surface area (Å²) in [6.07, 6.45) is -1.02. The lowest BCUT2D eigenvalue weighted by molar-refractivity contribution is -0.119. The number of ketones is 1. The summed E-state index contributed by atoms with van der Waals surface area (Å²) in [4.78, 5) is 11.2. The van der Waals surface area contributed by atoms with Gasteiger partial charge in [0.15, 0.2) is 11.5 Å². The molecule has 16 heavy (non-hydrogen) atoms. The molecule has 3 N–H and O–H groups in total.